The highest BCUT2D eigenvalue weighted by atomic mass is 16.5. The van der Waals surface area contributed by atoms with Gasteiger partial charge >= 0.3 is 0 Å². The normalized spacial score (nSPS) is 20.8. The van der Waals surface area contributed by atoms with E-state index in [9.17, 15) is 4.79 Å². The highest BCUT2D eigenvalue weighted by molar-refractivity contribution is 5.79. The lowest BCUT2D eigenvalue weighted by Gasteiger charge is -2.32. The zero-order chi connectivity index (χ0) is 16.7. The van der Waals surface area contributed by atoms with Crippen molar-refractivity contribution < 1.29 is 14.3 Å². The van der Waals surface area contributed by atoms with Gasteiger partial charge in [-0.05, 0) is 38.3 Å². The second kappa shape index (κ2) is 8.85. The zero-order valence-corrected chi connectivity index (χ0v) is 14.3. The van der Waals surface area contributed by atoms with Gasteiger partial charge in [-0.15, -0.1) is 0 Å². The molecule has 1 fully saturated rings. The SMILES string of the molecule is CC(C)=CCO[C@@H]1CCOC[C@@H]1NC(=O)Cc1ccccc1C. The van der Waals surface area contributed by atoms with E-state index >= 15 is 0 Å². The van der Waals surface area contributed by atoms with Crippen LogP contribution in [0, 0.1) is 6.92 Å². The molecular weight excluding hydrogens is 290 g/mol. The van der Waals surface area contributed by atoms with Gasteiger partial charge in [-0.2, -0.15) is 0 Å². The Balaban J connectivity index is 1.89. The standard InChI is InChI=1S/C19H27NO3/c1-14(2)8-11-23-18-9-10-22-13-17(18)20-19(21)12-16-7-5-4-6-15(16)3/h4-8,17-18H,9-13H2,1-3H3,(H,20,21)/t17-,18+/m0/s1. The molecule has 0 saturated carbocycles. The number of carbonyl (C=O) groups excluding carboxylic acids is 1. The molecule has 1 N–H and O–H groups in total. The van der Waals surface area contributed by atoms with E-state index in [2.05, 4.69) is 25.2 Å². The van der Waals surface area contributed by atoms with E-state index in [0.717, 1.165) is 17.5 Å². The molecule has 1 aliphatic rings. The Morgan fingerprint density at radius 1 is 1.39 bits per heavy atom. The second-order valence-electron chi connectivity index (χ2n) is 6.29. The average molecular weight is 317 g/mol. The number of allylic oxidation sites excluding steroid dienone is 1. The number of hydrogen-bond donors (Lipinski definition) is 1. The van der Waals surface area contributed by atoms with Gasteiger partial charge in [0, 0.05) is 6.61 Å². The number of rotatable bonds is 6. The van der Waals surface area contributed by atoms with Crippen molar-refractivity contribution in [3.05, 3.63) is 47.0 Å². The van der Waals surface area contributed by atoms with E-state index in [1.807, 2.05) is 31.2 Å². The largest absolute Gasteiger partial charge is 0.379 e. The van der Waals surface area contributed by atoms with Gasteiger partial charge in [0.1, 0.15) is 0 Å². The number of aryl methyl sites for hydroxylation is 1. The van der Waals surface area contributed by atoms with Crippen molar-refractivity contribution in [1.82, 2.24) is 5.32 Å². The summed E-state index contributed by atoms with van der Waals surface area (Å²) in [5.41, 5.74) is 3.43. The van der Waals surface area contributed by atoms with Crippen LogP contribution in [0.25, 0.3) is 0 Å². The summed E-state index contributed by atoms with van der Waals surface area (Å²) in [7, 11) is 0. The second-order valence-corrected chi connectivity index (χ2v) is 6.29. The van der Waals surface area contributed by atoms with Crippen molar-refractivity contribution in [2.45, 2.75) is 45.8 Å². The van der Waals surface area contributed by atoms with Gasteiger partial charge in [0.2, 0.25) is 5.91 Å². The number of nitrogens with one attached hydrogen (secondary N) is 1. The third-order valence-corrected chi connectivity index (χ3v) is 4.05. The first-order chi connectivity index (χ1) is 11.1. The summed E-state index contributed by atoms with van der Waals surface area (Å²) in [5, 5.41) is 3.07. The summed E-state index contributed by atoms with van der Waals surface area (Å²) >= 11 is 0. The van der Waals surface area contributed by atoms with E-state index in [1.165, 1.54) is 5.57 Å². The Hall–Kier alpha value is -1.65. The molecule has 1 aliphatic heterocycles. The van der Waals surface area contributed by atoms with Crippen LogP contribution in [0.3, 0.4) is 0 Å². The molecule has 23 heavy (non-hydrogen) atoms. The van der Waals surface area contributed by atoms with Crippen molar-refractivity contribution in [3.63, 3.8) is 0 Å². The molecule has 1 saturated heterocycles. The smallest absolute Gasteiger partial charge is 0.224 e. The monoisotopic (exact) mass is 317 g/mol. The predicted octanol–water partition coefficient (Wildman–Crippen LogP) is 2.79. The minimum atomic E-state index is -0.0779. The Morgan fingerprint density at radius 3 is 2.91 bits per heavy atom. The summed E-state index contributed by atoms with van der Waals surface area (Å²) in [6.45, 7) is 7.90. The summed E-state index contributed by atoms with van der Waals surface area (Å²) < 4.78 is 11.4. The summed E-state index contributed by atoms with van der Waals surface area (Å²) in [5.74, 6) is 0.0191. The molecular formula is C19H27NO3. The van der Waals surface area contributed by atoms with Gasteiger partial charge in [0.25, 0.3) is 0 Å². The molecule has 1 aromatic rings. The fraction of sp³-hybridized carbons (Fsp3) is 0.526. The van der Waals surface area contributed by atoms with Gasteiger partial charge < -0.3 is 14.8 Å². The Bertz CT molecular complexity index is 549. The summed E-state index contributed by atoms with van der Waals surface area (Å²) in [6.07, 6.45) is 3.28. The molecule has 1 aromatic carbocycles. The maximum Gasteiger partial charge on any atom is 0.224 e. The number of benzene rings is 1. The highest BCUT2D eigenvalue weighted by Crippen LogP contribution is 2.13. The molecule has 0 bridgehead atoms. The molecule has 4 nitrogen and oxygen atoms in total. The van der Waals surface area contributed by atoms with E-state index in [1.54, 1.807) is 0 Å². The van der Waals surface area contributed by atoms with E-state index in [4.69, 9.17) is 9.47 Å². The first-order valence-electron chi connectivity index (χ1n) is 8.23. The quantitative estimate of drug-likeness (QED) is 0.821. The van der Waals surface area contributed by atoms with Gasteiger partial charge in [-0.25, -0.2) is 0 Å². The minimum absolute atomic E-state index is 0.0140. The van der Waals surface area contributed by atoms with Crippen LogP contribution in [-0.2, 0) is 20.7 Å². The topological polar surface area (TPSA) is 47.6 Å². The maximum absolute atomic E-state index is 12.3. The molecule has 0 unspecified atom stereocenters. The van der Waals surface area contributed by atoms with Crippen LogP contribution < -0.4 is 5.32 Å². The number of amides is 1. The molecule has 0 spiro atoms. The fourth-order valence-electron chi connectivity index (χ4n) is 2.63. The Morgan fingerprint density at radius 2 is 2.17 bits per heavy atom. The molecule has 0 aliphatic carbocycles. The molecule has 0 aromatic heterocycles. The van der Waals surface area contributed by atoms with Crippen LogP contribution in [0.2, 0.25) is 0 Å². The van der Waals surface area contributed by atoms with Crippen molar-refractivity contribution in [2.75, 3.05) is 19.8 Å². The van der Waals surface area contributed by atoms with Crippen LogP contribution in [0.15, 0.2) is 35.9 Å². The van der Waals surface area contributed by atoms with E-state index in [0.29, 0.717) is 26.2 Å². The predicted molar refractivity (Wildman–Crippen MR) is 91.4 cm³/mol. The lowest BCUT2D eigenvalue weighted by atomic mass is 10.0. The van der Waals surface area contributed by atoms with Crippen molar-refractivity contribution in [3.8, 4) is 0 Å². The average Bonchev–Trinajstić information content (AvgIpc) is 2.51. The van der Waals surface area contributed by atoms with Gasteiger partial charge in [0.15, 0.2) is 0 Å². The van der Waals surface area contributed by atoms with Crippen molar-refractivity contribution in [2.24, 2.45) is 0 Å². The van der Waals surface area contributed by atoms with Gasteiger partial charge in [-0.3, -0.25) is 4.79 Å². The minimum Gasteiger partial charge on any atom is -0.379 e. The number of carbonyl (C=O) groups is 1. The lowest BCUT2D eigenvalue weighted by Crippen LogP contribution is -2.51. The van der Waals surface area contributed by atoms with E-state index in [-0.39, 0.29) is 18.1 Å². The first kappa shape index (κ1) is 17.7. The molecule has 1 heterocycles. The third kappa shape index (κ3) is 5.81. The summed E-state index contributed by atoms with van der Waals surface area (Å²) in [4.78, 5) is 12.3. The molecule has 0 radical (unpaired) electrons. The van der Waals surface area contributed by atoms with Crippen molar-refractivity contribution >= 4 is 5.91 Å². The lowest BCUT2D eigenvalue weighted by molar-refractivity contribution is -0.125. The Labute approximate surface area is 138 Å². The van der Waals surface area contributed by atoms with Crippen LogP contribution in [0.5, 0.6) is 0 Å². The molecule has 2 atom stereocenters. The molecule has 2 rings (SSSR count). The van der Waals surface area contributed by atoms with Crippen LogP contribution in [0.1, 0.15) is 31.4 Å². The maximum atomic E-state index is 12.3. The van der Waals surface area contributed by atoms with Gasteiger partial charge in [-0.1, -0.05) is 35.9 Å². The zero-order valence-electron chi connectivity index (χ0n) is 14.3. The Kier molecular flexibility index (Phi) is 6.81. The fourth-order valence-corrected chi connectivity index (χ4v) is 2.63. The summed E-state index contributed by atoms with van der Waals surface area (Å²) in [6, 6.07) is 7.89. The van der Waals surface area contributed by atoms with Gasteiger partial charge in [0.05, 0.1) is 31.8 Å². The number of ether oxygens (including phenoxy) is 2. The van der Waals surface area contributed by atoms with Crippen molar-refractivity contribution in [1.29, 1.82) is 0 Å². The molecule has 1 amide bonds. The molecule has 126 valence electrons. The highest BCUT2D eigenvalue weighted by Gasteiger charge is 2.27. The van der Waals surface area contributed by atoms with E-state index < -0.39 is 0 Å². The third-order valence-electron chi connectivity index (χ3n) is 4.05. The number of hydrogen-bond acceptors (Lipinski definition) is 3. The van der Waals surface area contributed by atoms with Crippen LogP contribution in [-0.4, -0.2) is 37.9 Å². The van der Waals surface area contributed by atoms with Crippen LogP contribution >= 0.6 is 0 Å². The molecule has 4 heteroatoms. The first-order valence-corrected chi connectivity index (χ1v) is 8.23. The van der Waals surface area contributed by atoms with Crippen LogP contribution in [0.4, 0.5) is 0 Å².